The van der Waals surface area contributed by atoms with E-state index in [2.05, 4.69) is 15.0 Å². The van der Waals surface area contributed by atoms with E-state index in [0.717, 1.165) is 36.5 Å². The van der Waals surface area contributed by atoms with Crippen molar-refractivity contribution in [3.8, 4) is 0 Å². The molecule has 0 aliphatic heterocycles. The Balaban J connectivity index is 1.63. The van der Waals surface area contributed by atoms with E-state index in [1.54, 1.807) is 0 Å². The van der Waals surface area contributed by atoms with Crippen molar-refractivity contribution in [3.63, 3.8) is 0 Å². The number of aromatic nitrogens is 1. The number of hydrogen-bond donors (Lipinski definition) is 2. The number of rotatable bonds is 9. The average molecular weight is 541 g/mol. The summed E-state index contributed by atoms with van der Waals surface area (Å²) in [5, 5.41) is 12.9. The number of nitro benzene ring substituents is 1. The van der Waals surface area contributed by atoms with Gasteiger partial charge >= 0.3 is 5.97 Å². The number of hydrogen-bond acceptors (Lipinski definition) is 11. The van der Waals surface area contributed by atoms with Crippen LogP contribution in [0.3, 0.4) is 0 Å². The molecule has 3 rings (SSSR count). The predicted octanol–water partition coefficient (Wildman–Crippen LogP) is 1.59. The maximum absolute atomic E-state index is 12.7. The standard InChI is InChI=1S/C19H16N4O9S3/c1-20-35(30,31)15-4-2-3-12(9-15)18(25)32-11-16(24)22-19-21-10-17(33-19)34(28,29)14-7-5-13(6-8-14)23(26)27/h2-10,20H,11H2,1H3,(H,21,22,24). The Morgan fingerprint density at radius 2 is 1.77 bits per heavy atom. The molecule has 0 aliphatic rings. The first kappa shape index (κ1) is 25.9. The Hall–Kier alpha value is -3.73. The van der Waals surface area contributed by atoms with Crippen molar-refractivity contribution < 1.29 is 36.1 Å². The summed E-state index contributed by atoms with van der Waals surface area (Å²) in [6, 6.07) is 9.28. The van der Waals surface area contributed by atoms with Crippen LogP contribution in [0.25, 0.3) is 0 Å². The van der Waals surface area contributed by atoms with Crippen LogP contribution in [0.1, 0.15) is 10.4 Å². The summed E-state index contributed by atoms with van der Waals surface area (Å²) in [6.07, 6.45) is 1.01. The van der Waals surface area contributed by atoms with Crippen molar-refractivity contribution in [2.45, 2.75) is 14.0 Å². The van der Waals surface area contributed by atoms with Gasteiger partial charge in [-0.15, -0.1) is 0 Å². The van der Waals surface area contributed by atoms with Crippen LogP contribution in [0.5, 0.6) is 0 Å². The molecule has 2 aromatic carbocycles. The highest BCUT2D eigenvalue weighted by molar-refractivity contribution is 7.93. The van der Waals surface area contributed by atoms with Gasteiger partial charge in [0.25, 0.3) is 11.6 Å². The molecule has 3 aromatic rings. The van der Waals surface area contributed by atoms with Gasteiger partial charge in [0.05, 0.1) is 26.5 Å². The van der Waals surface area contributed by atoms with Crippen LogP contribution in [0.2, 0.25) is 0 Å². The Labute approximate surface area is 202 Å². The molecule has 0 atom stereocenters. The summed E-state index contributed by atoms with van der Waals surface area (Å²) < 4.78 is 55.8. The lowest BCUT2D eigenvalue weighted by molar-refractivity contribution is -0.384. The Morgan fingerprint density at radius 1 is 1.09 bits per heavy atom. The van der Waals surface area contributed by atoms with E-state index in [1.165, 1.54) is 25.2 Å². The number of nitrogens with zero attached hydrogens (tertiary/aromatic N) is 2. The minimum atomic E-state index is -4.03. The first-order valence-electron chi connectivity index (χ1n) is 9.40. The zero-order valence-corrected chi connectivity index (χ0v) is 20.1. The lowest BCUT2D eigenvalue weighted by atomic mass is 10.2. The average Bonchev–Trinajstić information content (AvgIpc) is 3.32. The third-order valence-electron chi connectivity index (χ3n) is 4.34. The highest BCUT2D eigenvalue weighted by atomic mass is 32.2. The summed E-state index contributed by atoms with van der Waals surface area (Å²) in [5.41, 5.74) is -0.369. The lowest BCUT2D eigenvalue weighted by Gasteiger charge is -2.07. The summed E-state index contributed by atoms with van der Waals surface area (Å²) in [4.78, 5) is 37.8. The first-order chi connectivity index (χ1) is 16.4. The Morgan fingerprint density at radius 3 is 2.40 bits per heavy atom. The number of esters is 1. The molecule has 0 unspecified atom stereocenters. The zero-order valence-electron chi connectivity index (χ0n) is 17.7. The number of non-ortho nitro benzene ring substituents is 1. The third-order valence-corrected chi connectivity index (χ3v) is 8.89. The number of nitrogens with one attached hydrogen (secondary N) is 2. The minimum absolute atomic E-state index is 0.0892. The maximum atomic E-state index is 12.7. The number of carbonyl (C=O) groups excluding carboxylic acids is 2. The number of sulfone groups is 1. The monoisotopic (exact) mass is 540 g/mol. The fourth-order valence-corrected chi connectivity index (χ4v) is 5.81. The van der Waals surface area contributed by atoms with Gasteiger partial charge in [-0.2, -0.15) is 0 Å². The number of amides is 1. The van der Waals surface area contributed by atoms with E-state index in [0.29, 0.717) is 11.3 Å². The van der Waals surface area contributed by atoms with Gasteiger partial charge in [-0.3, -0.25) is 20.2 Å². The van der Waals surface area contributed by atoms with E-state index in [4.69, 9.17) is 4.74 Å². The summed E-state index contributed by atoms with van der Waals surface area (Å²) >= 11 is 0.632. The number of nitro groups is 1. The molecule has 0 radical (unpaired) electrons. The normalized spacial score (nSPS) is 11.6. The fourth-order valence-electron chi connectivity index (χ4n) is 2.58. The largest absolute Gasteiger partial charge is 0.452 e. The van der Waals surface area contributed by atoms with Crippen molar-refractivity contribution in [1.82, 2.24) is 9.71 Å². The summed E-state index contributed by atoms with van der Waals surface area (Å²) in [7, 11) is -6.60. The molecule has 1 amide bonds. The van der Waals surface area contributed by atoms with Crippen molar-refractivity contribution in [1.29, 1.82) is 0 Å². The smallest absolute Gasteiger partial charge is 0.338 e. The van der Waals surface area contributed by atoms with Crippen LogP contribution in [0.15, 0.2) is 68.7 Å². The first-order valence-corrected chi connectivity index (χ1v) is 13.2. The van der Waals surface area contributed by atoms with Gasteiger partial charge in [-0.1, -0.05) is 17.4 Å². The molecule has 2 N–H and O–H groups in total. The summed E-state index contributed by atoms with van der Waals surface area (Å²) in [6.45, 7) is -0.744. The topological polar surface area (TPSA) is 192 Å². The molecular formula is C19H16N4O9S3. The quantitative estimate of drug-likeness (QED) is 0.229. The molecule has 184 valence electrons. The minimum Gasteiger partial charge on any atom is -0.452 e. The SMILES string of the molecule is CNS(=O)(=O)c1cccc(C(=O)OCC(=O)Nc2ncc(S(=O)(=O)c3ccc([N+](=O)[O-])cc3)s2)c1. The van der Waals surface area contributed by atoms with Crippen molar-refractivity contribution in [3.05, 3.63) is 70.4 Å². The molecule has 13 nitrogen and oxygen atoms in total. The highest BCUT2D eigenvalue weighted by Crippen LogP contribution is 2.29. The van der Waals surface area contributed by atoms with Crippen LogP contribution in [-0.2, 0) is 29.4 Å². The highest BCUT2D eigenvalue weighted by Gasteiger charge is 2.23. The predicted molar refractivity (Wildman–Crippen MR) is 122 cm³/mol. The number of sulfonamides is 1. The van der Waals surface area contributed by atoms with Crippen LogP contribution in [0, 0.1) is 10.1 Å². The van der Waals surface area contributed by atoms with Crippen LogP contribution in [-0.4, -0.2) is 52.3 Å². The zero-order chi connectivity index (χ0) is 25.8. The number of benzene rings is 2. The van der Waals surface area contributed by atoms with E-state index in [1.807, 2.05) is 0 Å². The van der Waals surface area contributed by atoms with Gasteiger partial charge in [0.2, 0.25) is 19.9 Å². The molecule has 0 spiro atoms. The number of ether oxygens (including phenoxy) is 1. The molecule has 0 saturated carbocycles. The van der Waals surface area contributed by atoms with E-state index in [-0.39, 0.29) is 30.4 Å². The van der Waals surface area contributed by atoms with Gasteiger partial charge in [0.15, 0.2) is 11.7 Å². The van der Waals surface area contributed by atoms with Crippen molar-refractivity contribution in [2.24, 2.45) is 0 Å². The molecule has 0 saturated heterocycles. The van der Waals surface area contributed by atoms with E-state index >= 15 is 0 Å². The number of carbonyl (C=O) groups is 2. The molecule has 1 heterocycles. The molecule has 0 fully saturated rings. The number of thiazole rings is 1. The number of anilines is 1. The summed E-state index contributed by atoms with van der Waals surface area (Å²) in [5.74, 6) is -1.76. The molecular weight excluding hydrogens is 524 g/mol. The second-order valence-electron chi connectivity index (χ2n) is 6.60. The van der Waals surface area contributed by atoms with Gasteiger partial charge in [-0.05, 0) is 37.4 Å². The Bertz CT molecular complexity index is 1500. The van der Waals surface area contributed by atoms with E-state index < -0.39 is 43.3 Å². The third kappa shape index (κ3) is 6.04. The van der Waals surface area contributed by atoms with Crippen LogP contribution in [0.4, 0.5) is 10.8 Å². The van der Waals surface area contributed by atoms with Gasteiger partial charge in [-0.25, -0.2) is 31.3 Å². The second kappa shape index (κ2) is 10.3. The van der Waals surface area contributed by atoms with Gasteiger partial charge in [0.1, 0.15) is 4.21 Å². The van der Waals surface area contributed by atoms with Crippen molar-refractivity contribution in [2.75, 3.05) is 19.0 Å². The molecule has 16 heteroatoms. The van der Waals surface area contributed by atoms with Gasteiger partial charge in [0, 0.05) is 12.1 Å². The van der Waals surface area contributed by atoms with E-state index in [9.17, 15) is 36.5 Å². The van der Waals surface area contributed by atoms with Crippen molar-refractivity contribution >= 4 is 53.9 Å². The lowest BCUT2D eigenvalue weighted by Crippen LogP contribution is -2.21. The maximum Gasteiger partial charge on any atom is 0.338 e. The fraction of sp³-hybridized carbons (Fsp3) is 0.105. The Kier molecular flexibility index (Phi) is 7.59. The molecule has 0 bridgehead atoms. The molecule has 1 aromatic heterocycles. The molecule has 35 heavy (non-hydrogen) atoms. The van der Waals surface area contributed by atoms with Gasteiger partial charge < -0.3 is 4.74 Å². The second-order valence-corrected chi connectivity index (χ2v) is 11.7. The van der Waals surface area contributed by atoms with Crippen LogP contribution >= 0.6 is 11.3 Å². The van der Waals surface area contributed by atoms with Crippen LogP contribution < -0.4 is 10.0 Å². The molecule has 0 aliphatic carbocycles.